The van der Waals surface area contributed by atoms with Gasteiger partial charge in [0, 0.05) is 25.2 Å². The van der Waals surface area contributed by atoms with Gasteiger partial charge in [0.1, 0.15) is 0 Å². The number of benzene rings is 1. The summed E-state index contributed by atoms with van der Waals surface area (Å²) in [7, 11) is 2.00. The van der Waals surface area contributed by atoms with Gasteiger partial charge in [-0.3, -0.25) is 14.6 Å². The van der Waals surface area contributed by atoms with E-state index in [4.69, 9.17) is 0 Å². The zero-order valence-electron chi connectivity index (χ0n) is 13.8. The monoisotopic (exact) mass is 317 g/mol. The van der Waals surface area contributed by atoms with Crippen molar-refractivity contribution in [2.45, 2.75) is 43.9 Å². The van der Waals surface area contributed by atoms with Crippen LogP contribution in [-0.4, -0.2) is 65.7 Å². The minimum atomic E-state index is -0.0197. The molecule has 2 N–H and O–H groups in total. The summed E-state index contributed by atoms with van der Waals surface area (Å²) < 4.78 is 0. The molecule has 0 spiro atoms. The molecule has 0 radical (unpaired) electrons. The Labute approximate surface area is 138 Å². The van der Waals surface area contributed by atoms with Gasteiger partial charge in [-0.25, -0.2) is 0 Å². The first-order valence-corrected chi connectivity index (χ1v) is 8.57. The van der Waals surface area contributed by atoms with E-state index in [1.807, 2.05) is 25.2 Å². The van der Waals surface area contributed by atoms with Crippen molar-refractivity contribution >= 4 is 5.91 Å². The van der Waals surface area contributed by atoms with Gasteiger partial charge in [0.15, 0.2) is 0 Å². The molecular weight excluding hydrogens is 290 g/mol. The molecule has 0 unspecified atom stereocenters. The number of nitrogens with one attached hydrogen (secondary N) is 1. The number of hydrogen-bond acceptors (Lipinski definition) is 4. The van der Waals surface area contributed by atoms with Gasteiger partial charge >= 0.3 is 0 Å². The molecule has 2 aliphatic rings. The number of nitrogens with zero attached hydrogens (tertiary/aromatic N) is 2. The summed E-state index contributed by atoms with van der Waals surface area (Å²) in [5.74, 6) is 0.149. The van der Waals surface area contributed by atoms with E-state index in [0.717, 1.165) is 38.9 Å². The largest absolute Gasteiger partial charge is 0.395 e. The second-order valence-corrected chi connectivity index (χ2v) is 6.83. The molecule has 0 saturated carbocycles. The Morgan fingerprint density at radius 3 is 2.83 bits per heavy atom. The van der Waals surface area contributed by atoms with E-state index in [1.165, 1.54) is 5.56 Å². The fraction of sp³-hybridized carbons (Fsp3) is 0.611. The van der Waals surface area contributed by atoms with Gasteiger partial charge < -0.3 is 10.4 Å². The van der Waals surface area contributed by atoms with Crippen molar-refractivity contribution in [1.82, 2.24) is 15.1 Å². The molecule has 2 fully saturated rings. The average Bonchev–Trinajstić information content (AvgIpc) is 3.14. The molecule has 1 aromatic carbocycles. The van der Waals surface area contributed by atoms with Crippen LogP contribution in [0, 0.1) is 0 Å². The second kappa shape index (κ2) is 7.43. The number of carbonyl (C=O) groups excluding carboxylic acids is 1. The Kier molecular flexibility index (Phi) is 5.30. The lowest BCUT2D eigenvalue weighted by molar-refractivity contribution is -0.126. The summed E-state index contributed by atoms with van der Waals surface area (Å²) in [5.41, 5.74) is 1.26. The van der Waals surface area contributed by atoms with Crippen LogP contribution in [0.1, 0.15) is 24.8 Å². The summed E-state index contributed by atoms with van der Waals surface area (Å²) in [6.07, 6.45) is 2.85. The Morgan fingerprint density at radius 2 is 2.13 bits per heavy atom. The highest BCUT2D eigenvalue weighted by molar-refractivity contribution is 5.82. The lowest BCUT2D eigenvalue weighted by atomic mass is 10.1. The van der Waals surface area contributed by atoms with Crippen molar-refractivity contribution in [1.29, 1.82) is 0 Å². The third kappa shape index (κ3) is 3.91. The highest BCUT2D eigenvalue weighted by Gasteiger charge is 2.35. The molecule has 23 heavy (non-hydrogen) atoms. The molecule has 5 nitrogen and oxygen atoms in total. The normalized spacial score (nSPS) is 29.0. The molecule has 126 valence electrons. The van der Waals surface area contributed by atoms with E-state index in [2.05, 4.69) is 27.2 Å². The molecule has 0 aliphatic carbocycles. The van der Waals surface area contributed by atoms with Gasteiger partial charge in [0.05, 0.1) is 12.6 Å². The molecule has 1 amide bonds. The van der Waals surface area contributed by atoms with Gasteiger partial charge in [0.2, 0.25) is 5.91 Å². The molecule has 2 saturated heterocycles. The van der Waals surface area contributed by atoms with E-state index in [-0.39, 0.29) is 30.6 Å². The predicted octanol–water partition coefficient (Wildman–Crippen LogP) is 0.832. The van der Waals surface area contributed by atoms with Crippen LogP contribution in [0.3, 0.4) is 0 Å². The van der Waals surface area contributed by atoms with Crippen molar-refractivity contribution in [2.24, 2.45) is 0 Å². The summed E-state index contributed by atoms with van der Waals surface area (Å²) in [4.78, 5) is 17.1. The summed E-state index contributed by atoms with van der Waals surface area (Å²) in [5, 5.41) is 12.5. The third-order valence-corrected chi connectivity index (χ3v) is 5.14. The van der Waals surface area contributed by atoms with E-state index >= 15 is 0 Å². The number of rotatable bonds is 5. The van der Waals surface area contributed by atoms with Gasteiger partial charge in [-0.1, -0.05) is 30.3 Å². The molecule has 2 heterocycles. The maximum atomic E-state index is 12.7. The van der Waals surface area contributed by atoms with E-state index < -0.39 is 0 Å². The fourth-order valence-corrected chi connectivity index (χ4v) is 3.83. The van der Waals surface area contributed by atoms with Gasteiger partial charge in [-0.2, -0.15) is 0 Å². The first-order chi connectivity index (χ1) is 11.2. The highest BCUT2D eigenvalue weighted by Crippen LogP contribution is 2.21. The summed E-state index contributed by atoms with van der Waals surface area (Å²) >= 11 is 0. The van der Waals surface area contributed by atoms with E-state index in [9.17, 15) is 9.90 Å². The maximum Gasteiger partial charge on any atom is 0.237 e. The smallest absolute Gasteiger partial charge is 0.237 e. The average molecular weight is 317 g/mol. The lowest BCUT2D eigenvalue weighted by Crippen LogP contribution is -2.47. The second-order valence-electron chi connectivity index (χ2n) is 6.83. The van der Waals surface area contributed by atoms with Crippen molar-refractivity contribution in [3.63, 3.8) is 0 Å². The van der Waals surface area contributed by atoms with Gasteiger partial charge in [-0.15, -0.1) is 0 Å². The summed E-state index contributed by atoms with van der Waals surface area (Å²) in [6, 6.07) is 10.7. The van der Waals surface area contributed by atoms with Crippen LogP contribution in [-0.2, 0) is 11.3 Å². The first-order valence-electron chi connectivity index (χ1n) is 8.57. The molecule has 2 aliphatic heterocycles. The molecule has 0 aromatic heterocycles. The zero-order chi connectivity index (χ0) is 16.2. The van der Waals surface area contributed by atoms with Crippen LogP contribution in [0.4, 0.5) is 0 Å². The van der Waals surface area contributed by atoms with Gasteiger partial charge in [-0.05, 0) is 38.4 Å². The number of aliphatic hydroxyl groups is 1. The first kappa shape index (κ1) is 16.4. The Hall–Kier alpha value is -1.43. The Morgan fingerprint density at radius 1 is 1.35 bits per heavy atom. The predicted molar refractivity (Wildman–Crippen MR) is 89.9 cm³/mol. The van der Waals surface area contributed by atoms with Crippen molar-refractivity contribution in [3.05, 3.63) is 35.9 Å². The maximum absolute atomic E-state index is 12.7. The van der Waals surface area contributed by atoms with Crippen LogP contribution in [0.15, 0.2) is 30.3 Å². The number of amides is 1. The van der Waals surface area contributed by atoms with Crippen LogP contribution in [0.2, 0.25) is 0 Å². The Bertz CT molecular complexity index is 522. The number of aliphatic hydroxyl groups excluding tert-OH is 1. The number of likely N-dealkylation sites (N-methyl/N-ethyl adjacent to an activating group) is 1. The van der Waals surface area contributed by atoms with Crippen molar-refractivity contribution in [3.8, 4) is 0 Å². The molecular formula is C18H27N3O2. The minimum absolute atomic E-state index is 0.0197. The van der Waals surface area contributed by atoms with Crippen LogP contribution in [0.25, 0.3) is 0 Å². The molecule has 1 aromatic rings. The standard InChI is InChI=1S/C18H27N3O2/c1-20-12-15(10-16(20)13-22)19-18(23)17-8-5-9-21(17)11-14-6-3-2-4-7-14/h2-4,6-7,15-17,22H,5,8-13H2,1H3,(H,19,23)/t15-,16+,17+/m1/s1. The highest BCUT2D eigenvalue weighted by atomic mass is 16.3. The van der Waals surface area contributed by atoms with Crippen LogP contribution >= 0.6 is 0 Å². The molecule has 0 bridgehead atoms. The number of hydrogen-bond donors (Lipinski definition) is 2. The SMILES string of the molecule is CN1C[C@H](NC(=O)[C@@H]2CCCN2Cc2ccccc2)C[C@H]1CO. The quantitative estimate of drug-likeness (QED) is 0.845. The topological polar surface area (TPSA) is 55.8 Å². The van der Waals surface area contributed by atoms with E-state index in [0.29, 0.717) is 0 Å². The van der Waals surface area contributed by atoms with Crippen molar-refractivity contribution < 1.29 is 9.90 Å². The zero-order valence-corrected chi connectivity index (χ0v) is 13.8. The number of carbonyl (C=O) groups is 1. The third-order valence-electron chi connectivity index (χ3n) is 5.14. The molecule has 3 atom stereocenters. The summed E-state index contributed by atoms with van der Waals surface area (Å²) in [6.45, 7) is 2.80. The van der Waals surface area contributed by atoms with Crippen LogP contribution < -0.4 is 5.32 Å². The molecule has 5 heteroatoms. The van der Waals surface area contributed by atoms with Crippen molar-refractivity contribution in [2.75, 3.05) is 26.7 Å². The molecule has 3 rings (SSSR count). The van der Waals surface area contributed by atoms with Crippen LogP contribution in [0.5, 0.6) is 0 Å². The van der Waals surface area contributed by atoms with Gasteiger partial charge in [0.25, 0.3) is 0 Å². The van der Waals surface area contributed by atoms with E-state index in [1.54, 1.807) is 0 Å². The fourth-order valence-electron chi connectivity index (χ4n) is 3.83. The minimum Gasteiger partial charge on any atom is -0.395 e. The lowest BCUT2D eigenvalue weighted by Gasteiger charge is -2.25. The Balaban J connectivity index is 1.56. The number of likely N-dealkylation sites (tertiary alicyclic amines) is 2.